The summed E-state index contributed by atoms with van der Waals surface area (Å²) in [5.74, 6) is 0. The van der Waals surface area contributed by atoms with E-state index in [9.17, 15) is 14.9 Å². The molecule has 0 saturated heterocycles. The summed E-state index contributed by atoms with van der Waals surface area (Å²) in [6.07, 6.45) is 1.36. The Morgan fingerprint density at radius 2 is 2.10 bits per heavy atom. The maximum absolute atomic E-state index is 11.0. The lowest BCUT2D eigenvalue weighted by Gasteiger charge is -2.06. The Morgan fingerprint density at radius 3 is 2.60 bits per heavy atom. The number of rotatable bonds is 4. The first-order valence-electron chi connectivity index (χ1n) is 6.28. The number of hydrogen-bond donors (Lipinski definition) is 0. The smallest absolute Gasteiger partial charge is 0.280 e. The lowest BCUT2D eigenvalue weighted by atomic mass is 10.1. The quantitative estimate of drug-likeness (QED) is 0.487. The molecule has 20 heavy (non-hydrogen) atoms. The van der Waals surface area contributed by atoms with Gasteiger partial charge in [-0.05, 0) is 38.0 Å². The largest absolute Gasteiger partial charge is 0.298 e. The second-order valence-corrected chi connectivity index (χ2v) is 4.53. The predicted molar refractivity (Wildman–Crippen MR) is 74.5 cm³/mol. The van der Waals surface area contributed by atoms with Crippen molar-refractivity contribution in [3.05, 3.63) is 50.8 Å². The molecule has 1 heterocycles. The number of nitro benzene ring substituents is 1. The number of benzene rings is 1. The molecule has 0 aliphatic carbocycles. The normalized spacial score (nSPS) is 10.6. The zero-order valence-electron chi connectivity index (χ0n) is 11.6. The molecule has 0 N–H and O–H groups in total. The lowest BCUT2D eigenvalue weighted by Crippen LogP contribution is -2.02. The van der Waals surface area contributed by atoms with Crippen LogP contribution in [0.25, 0.3) is 5.69 Å². The van der Waals surface area contributed by atoms with Gasteiger partial charge in [0.25, 0.3) is 5.69 Å². The van der Waals surface area contributed by atoms with Crippen molar-refractivity contribution in [2.45, 2.75) is 27.2 Å². The third-order valence-corrected chi connectivity index (χ3v) is 3.37. The molecule has 0 aliphatic rings. The van der Waals surface area contributed by atoms with Crippen molar-refractivity contribution in [3.8, 4) is 5.69 Å². The van der Waals surface area contributed by atoms with Crippen molar-refractivity contribution in [1.29, 1.82) is 0 Å². The SMILES string of the molecule is CCc1c(C)nn(-c2ccc([N+](=O)[O-])c(C=O)c2)c1C. The van der Waals surface area contributed by atoms with Crippen molar-refractivity contribution in [2.75, 3.05) is 0 Å². The molecule has 6 heteroatoms. The molecule has 1 aromatic heterocycles. The van der Waals surface area contributed by atoms with Crippen LogP contribution in [0.1, 0.15) is 34.2 Å². The van der Waals surface area contributed by atoms with Gasteiger partial charge in [-0.25, -0.2) is 4.68 Å². The van der Waals surface area contributed by atoms with Gasteiger partial charge in [-0.15, -0.1) is 0 Å². The van der Waals surface area contributed by atoms with Gasteiger partial charge >= 0.3 is 0 Å². The topological polar surface area (TPSA) is 78.0 Å². The summed E-state index contributed by atoms with van der Waals surface area (Å²) in [5.41, 5.74) is 3.57. The Bertz CT molecular complexity index is 689. The molecule has 0 bridgehead atoms. The van der Waals surface area contributed by atoms with Crippen molar-refractivity contribution in [2.24, 2.45) is 0 Å². The number of aldehydes is 1. The molecule has 0 saturated carbocycles. The van der Waals surface area contributed by atoms with Crippen molar-refractivity contribution < 1.29 is 9.72 Å². The zero-order chi connectivity index (χ0) is 14.9. The highest BCUT2D eigenvalue weighted by molar-refractivity contribution is 5.82. The highest BCUT2D eigenvalue weighted by Gasteiger charge is 2.16. The summed E-state index contributed by atoms with van der Waals surface area (Å²) in [7, 11) is 0. The first-order valence-corrected chi connectivity index (χ1v) is 6.28. The molecule has 0 atom stereocenters. The average Bonchev–Trinajstić information content (AvgIpc) is 2.72. The van der Waals surface area contributed by atoms with Gasteiger partial charge in [-0.2, -0.15) is 5.10 Å². The van der Waals surface area contributed by atoms with E-state index in [1.165, 1.54) is 12.1 Å². The van der Waals surface area contributed by atoms with Gasteiger partial charge < -0.3 is 0 Å². The number of aryl methyl sites for hydroxylation is 1. The summed E-state index contributed by atoms with van der Waals surface area (Å²) in [5, 5.41) is 15.3. The van der Waals surface area contributed by atoms with Gasteiger partial charge in [0.1, 0.15) is 0 Å². The molecule has 0 aliphatic heterocycles. The lowest BCUT2D eigenvalue weighted by molar-refractivity contribution is -0.385. The molecule has 0 spiro atoms. The Labute approximate surface area is 116 Å². The molecule has 0 amide bonds. The standard InChI is InChI=1S/C14H15N3O3/c1-4-13-9(2)15-16(10(13)3)12-5-6-14(17(19)20)11(7-12)8-18/h5-8H,4H2,1-3H3. The first kappa shape index (κ1) is 13.9. The van der Waals surface area contributed by atoms with Crippen LogP contribution in [0.5, 0.6) is 0 Å². The Balaban J connectivity index is 2.59. The van der Waals surface area contributed by atoms with E-state index in [1.54, 1.807) is 10.7 Å². The van der Waals surface area contributed by atoms with Gasteiger partial charge in [0.2, 0.25) is 0 Å². The summed E-state index contributed by atoms with van der Waals surface area (Å²) in [6, 6.07) is 4.43. The summed E-state index contributed by atoms with van der Waals surface area (Å²) in [6.45, 7) is 5.92. The van der Waals surface area contributed by atoms with Gasteiger partial charge in [-0.3, -0.25) is 14.9 Å². The number of hydrogen-bond acceptors (Lipinski definition) is 4. The van der Waals surface area contributed by atoms with E-state index in [0.29, 0.717) is 12.0 Å². The fraction of sp³-hybridized carbons (Fsp3) is 0.286. The number of nitrogens with zero attached hydrogens (tertiary/aromatic N) is 3. The molecule has 104 valence electrons. The van der Waals surface area contributed by atoms with Gasteiger partial charge in [0.15, 0.2) is 6.29 Å². The van der Waals surface area contributed by atoms with Crippen molar-refractivity contribution in [1.82, 2.24) is 9.78 Å². The predicted octanol–water partition coefficient (Wildman–Crippen LogP) is 2.77. The second-order valence-electron chi connectivity index (χ2n) is 4.53. The third kappa shape index (κ3) is 2.20. The molecule has 2 rings (SSSR count). The van der Waals surface area contributed by atoms with E-state index in [0.717, 1.165) is 23.4 Å². The van der Waals surface area contributed by atoms with Crippen LogP contribution >= 0.6 is 0 Å². The van der Waals surface area contributed by atoms with Crippen LogP contribution in [-0.2, 0) is 6.42 Å². The van der Waals surface area contributed by atoms with Gasteiger partial charge in [0.05, 0.1) is 21.9 Å². The first-order chi connectivity index (χ1) is 9.49. The number of aromatic nitrogens is 2. The van der Waals surface area contributed by atoms with E-state index in [-0.39, 0.29) is 11.3 Å². The minimum atomic E-state index is -0.563. The zero-order valence-corrected chi connectivity index (χ0v) is 11.6. The highest BCUT2D eigenvalue weighted by Crippen LogP contribution is 2.23. The Hall–Kier alpha value is -2.50. The van der Waals surface area contributed by atoms with E-state index >= 15 is 0 Å². The highest BCUT2D eigenvalue weighted by atomic mass is 16.6. The summed E-state index contributed by atoms with van der Waals surface area (Å²) < 4.78 is 1.71. The van der Waals surface area contributed by atoms with Crippen molar-refractivity contribution in [3.63, 3.8) is 0 Å². The molecule has 0 fully saturated rings. The summed E-state index contributed by atoms with van der Waals surface area (Å²) >= 11 is 0. The molecular formula is C14H15N3O3. The van der Waals surface area contributed by atoms with E-state index in [4.69, 9.17) is 0 Å². The van der Waals surface area contributed by atoms with Crippen molar-refractivity contribution >= 4 is 12.0 Å². The maximum atomic E-state index is 11.0. The van der Waals surface area contributed by atoms with Crippen LogP contribution in [-0.4, -0.2) is 21.0 Å². The van der Waals surface area contributed by atoms with Crippen LogP contribution in [0.3, 0.4) is 0 Å². The van der Waals surface area contributed by atoms with Gasteiger partial charge in [-0.1, -0.05) is 6.92 Å². The van der Waals surface area contributed by atoms with E-state index < -0.39 is 4.92 Å². The Morgan fingerprint density at radius 1 is 1.40 bits per heavy atom. The number of carbonyl (C=O) groups is 1. The molecule has 0 radical (unpaired) electrons. The molecular weight excluding hydrogens is 258 g/mol. The Kier molecular flexibility index (Phi) is 3.65. The monoisotopic (exact) mass is 273 g/mol. The molecule has 0 unspecified atom stereocenters. The minimum absolute atomic E-state index is 0.0538. The van der Waals surface area contributed by atoms with Crippen LogP contribution < -0.4 is 0 Å². The molecule has 2 aromatic rings. The summed E-state index contributed by atoms with van der Waals surface area (Å²) in [4.78, 5) is 21.3. The van der Waals surface area contributed by atoms with Crippen LogP contribution in [0.2, 0.25) is 0 Å². The van der Waals surface area contributed by atoms with Crippen LogP contribution in [0.15, 0.2) is 18.2 Å². The fourth-order valence-corrected chi connectivity index (χ4v) is 2.37. The van der Waals surface area contributed by atoms with Gasteiger partial charge in [0, 0.05) is 11.8 Å². The van der Waals surface area contributed by atoms with E-state index in [2.05, 4.69) is 5.10 Å². The second kappa shape index (κ2) is 5.24. The fourth-order valence-electron chi connectivity index (χ4n) is 2.37. The van der Waals surface area contributed by atoms with E-state index in [1.807, 2.05) is 20.8 Å². The van der Waals surface area contributed by atoms with Crippen LogP contribution in [0, 0.1) is 24.0 Å². The number of nitro groups is 1. The number of carbonyl (C=O) groups excluding carboxylic acids is 1. The van der Waals surface area contributed by atoms with Crippen LogP contribution in [0.4, 0.5) is 5.69 Å². The maximum Gasteiger partial charge on any atom is 0.280 e. The third-order valence-electron chi connectivity index (χ3n) is 3.37. The molecule has 6 nitrogen and oxygen atoms in total. The molecule has 1 aromatic carbocycles. The average molecular weight is 273 g/mol. The minimum Gasteiger partial charge on any atom is -0.298 e.